The number of nitrogens with zero attached hydrogens (tertiary/aromatic N) is 2. The van der Waals surface area contributed by atoms with Crippen LogP contribution in [0.25, 0.3) is 33.4 Å². The van der Waals surface area contributed by atoms with Gasteiger partial charge in [-0.1, -0.05) is 12.8 Å². The van der Waals surface area contributed by atoms with Gasteiger partial charge in [-0.2, -0.15) is 4.98 Å². The number of rotatable bonds is 33. The number of carbonyl (C=O) groups excluding carboxylic acids is 1. The average molecular weight is 1130 g/mol. The maximum absolute atomic E-state index is 13.2. The van der Waals surface area contributed by atoms with Gasteiger partial charge in [-0.15, -0.1) is 0 Å². The number of phosphoric acid groups is 3. The summed E-state index contributed by atoms with van der Waals surface area (Å²) >= 11 is 0. The molecule has 0 radical (unpaired) electrons. The molecule has 2 aliphatic heterocycles. The van der Waals surface area contributed by atoms with Gasteiger partial charge in [0.05, 0.1) is 77.7 Å². The van der Waals surface area contributed by atoms with Crippen molar-refractivity contribution in [3.05, 3.63) is 98.7 Å². The zero-order valence-corrected chi connectivity index (χ0v) is 43.4. The Morgan fingerprint density at radius 3 is 1.97 bits per heavy atom. The molecule has 3 heterocycles. The number of benzene rings is 3. The topological polar surface area (TPSA) is 393 Å². The number of aromatic hydroxyl groups is 1. The second kappa shape index (κ2) is 28.4. The lowest BCUT2D eigenvalue weighted by Crippen LogP contribution is -2.28. The Morgan fingerprint density at radius 1 is 0.724 bits per heavy atom. The predicted molar refractivity (Wildman–Crippen MR) is 267 cm³/mol. The molecule has 6 rings (SSSR count). The lowest BCUT2D eigenvalue weighted by Gasteiger charge is -2.18. The van der Waals surface area contributed by atoms with Crippen LogP contribution in [0.2, 0.25) is 0 Å². The summed E-state index contributed by atoms with van der Waals surface area (Å²) in [7, 11) is -13.4. The Kier molecular flexibility index (Phi) is 22.4. The number of amides is 1. The number of phosphoric ester groups is 3. The Labute approximate surface area is 433 Å². The molecule has 1 fully saturated rings. The molecule has 27 nitrogen and oxygen atoms in total. The van der Waals surface area contributed by atoms with E-state index in [9.17, 15) is 62.9 Å². The zero-order valence-electron chi connectivity index (χ0n) is 40.7. The number of aromatic carboxylic acids is 1. The fourth-order valence-corrected chi connectivity index (χ4v) is 9.81. The molecule has 9 N–H and O–H groups in total. The van der Waals surface area contributed by atoms with Crippen LogP contribution in [-0.4, -0.2) is 136 Å². The molecular formula is C46H59N4O23P3. The number of carbonyl (C=O) groups is 2. The maximum atomic E-state index is 13.2. The van der Waals surface area contributed by atoms with Gasteiger partial charge in [-0.3, -0.25) is 41.3 Å². The van der Waals surface area contributed by atoms with E-state index in [2.05, 4.69) is 10.3 Å². The number of ether oxygens (including phenoxy) is 3. The van der Waals surface area contributed by atoms with Crippen LogP contribution in [0.1, 0.15) is 71.9 Å². The van der Waals surface area contributed by atoms with Gasteiger partial charge in [0.25, 0.3) is 5.91 Å². The summed E-state index contributed by atoms with van der Waals surface area (Å²) in [6, 6.07) is 14.0. The summed E-state index contributed by atoms with van der Waals surface area (Å²) in [6.07, 6.45) is 0.773. The van der Waals surface area contributed by atoms with Gasteiger partial charge in [0.2, 0.25) is 0 Å². The summed E-state index contributed by atoms with van der Waals surface area (Å²) in [5.74, 6) is -1.62. The van der Waals surface area contributed by atoms with E-state index in [-0.39, 0.29) is 130 Å². The van der Waals surface area contributed by atoms with Crippen molar-refractivity contribution in [2.45, 2.75) is 63.4 Å². The van der Waals surface area contributed by atoms with E-state index < -0.39 is 66.1 Å². The molecule has 0 saturated carbocycles. The minimum atomic E-state index is -4.57. The standard InChI is InChI=1S/C46H59N4O23P3/c47-41-13-15-50(46(57)49-41)42-28-37(53)40(73-42)29-71-76(62,63)68-18-6-5-17-67-75(60,61)70-24-22-65-20-19-64-21-23-69-74(58,59)66-16-4-2-1-3-14-48-44(54)30-7-10-33(45(55)56)36(25-30)43-34-11-8-31(51)26-38(34)72-39-27-32(52)9-12-35(39)43/h7-13,15,25-27,37,40,42,51,53H,1-6,14,16-24,28-29H2,(H,48,54)(H,55,56)(H,58,59)(H,60,61)(H,62,63)(H2,47,49,57)/t37-,40-,42-/m1/s1. The molecule has 30 heteroatoms. The van der Waals surface area contributed by atoms with Crippen LogP contribution < -0.4 is 22.2 Å². The summed E-state index contributed by atoms with van der Waals surface area (Å²) in [6.45, 7) is -1.48. The van der Waals surface area contributed by atoms with Gasteiger partial charge >= 0.3 is 35.1 Å². The molecule has 1 aliphatic carbocycles. The number of nitrogen functional groups attached to an aromatic ring is 1. The van der Waals surface area contributed by atoms with Crippen molar-refractivity contribution in [1.82, 2.24) is 14.9 Å². The molecule has 1 amide bonds. The molecule has 3 aliphatic rings. The van der Waals surface area contributed by atoms with Crippen LogP contribution in [0.3, 0.4) is 0 Å². The monoisotopic (exact) mass is 1130 g/mol. The second-order valence-electron chi connectivity index (χ2n) is 16.8. The van der Waals surface area contributed by atoms with E-state index >= 15 is 0 Å². The number of nitrogens with two attached hydrogens (primary N) is 1. The van der Waals surface area contributed by atoms with Gasteiger partial charge in [-0.05, 0) is 79.8 Å². The molecule has 6 atom stereocenters. The SMILES string of the molecule is Nc1ccn([C@H]2C[C@@H](O)[C@@H](COP(=O)(O)OCCCCOP(=O)(O)OCCOCCOCCOP(=O)(O)OCCCCCCNC(=O)c3ccc(C(=O)O)c(-c4c5ccc(=O)cc-5oc5cc(O)ccc45)c3)O2)c(=O)n1. The van der Waals surface area contributed by atoms with Crippen molar-refractivity contribution >= 4 is 52.1 Å². The van der Waals surface area contributed by atoms with Crippen molar-refractivity contribution in [3.8, 4) is 28.2 Å². The van der Waals surface area contributed by atoms with E-state index in [0.717, 1.165) is 4.57 Å². The van der Waals surface area contributed by atoms with Crippen LogP contribution >= 0.6 is 23.5 Å². The molecule has 0 bridgehead atoms. The van der Waals surface area contributed by atoms with Crippen LogP contribution in [0.4, 0.5) is 5.82 Å². The van der Waals surface area contributed by atoms with Crippen molar-refractivity contribution < 1.29 is 99.1 Å². The van der Waals surface area contributed by atoms with Crippen molar-refractivity contribution in [1.29, 1.82) is 0 Å². The summed E-state index contributed by atoms with van der Waals surface area (Å²) in [5.41, 5.74) is 5.80. The second-order valence-corrected chi connectivity index (χ2v) is 21.2. The van der Waals surface area contributed by atoms with Gasteiger partial charge < -0.3 is 59.7 Å². The Bertz CT molecular complexity index is 2990. The smallest absolute Gasteiger partial charge is 0.472 e. The number of hydrogen-bond acceptors (Lipinski definition) is 21. The Balaban J connectivity index is 0.752. The van der Waals surface area contributed by atoms with Crippen molar-refractivity contribution in [2.24, 2.45) is 0 Å². The molecule has 1 saturated heterocycles. The first-order valence-electron chi connectivity index (χ1n) is 23.8. The first kappa shape index (κ1) is 60.0. The van der Waals surface area contributed by atoms with E-state index in [1.54, 1.807) is 6.07 Å². The number of aliphatic hydroxyl groups is 1. The maximum Gasteiger partial charge on any atom is 0.472 e. The highest BCUT2D eigenvalue weighted by Crippen LogP contribution is 2.46. The van der Waals surface area contributed by atoms with Crippen LogP contribution in [0.15, 0.2) is 80.9 Å². The molecule has 416 valence electrons. The number of anilines is 1. The number of hydrogen-bond donors (Lipinski definition) is 8. The number of nitrogens with one attached hydrogen (secondary N) is 1. The fourth-order valence-electron chi connectivity index (χ4n) is 7.56. The predicted octanol–water partition coefficient (Wildman–Crippen LogP) is 4.96. The molecule has 0 spiro atoms. The van der Waals surface area contributed by atoms with E-state index in [0.29, 0.717) is 42.2 Å². The lowest BCUT2D eigenvalue weighted by atomic mass is 9.89. The third-order valence-corrected chi connectivity index (χ3v) is 14.2. The Hall–Kier alpha value is -5.28. The van der Waals surface area contributed by atoms with Crippen molar-refractivity contribution in [3.63, 3.8) is 0 Å². The van der Waals surface area contributed by atoms with Crippen molar-refractivity contribution in [2.75, 3.05) is 78.3 Å². The number of aliphatic hydroxyl groups excluding tert-OH is 1. The highest BCUT2D eigenvalue weighted by molar-refractivity contribution is 7.47. The minimum Gasteiger partial charge on any atom is -0.508 e. The molecular weight excluding hydrogens is 1070 g/mol. The Morgan fingerprint density at radius 2 is 1.33 bits per heavy atom. The number of phenols is 1. The minimum absolute atomic E-state index is 0.00732. The van der Waals surface area contributed by atoms with Gasteiger partial charge in [0, 0.05) is 53.4 Å². The highest BCUT2D eigenvalue weighted by Gasteiger charge is 2.38. The molecule has 2 aromatic carbocycles. The molecule has 1 aromatic heterocycles. The first-order valence-corrected chi connectivity index (χ1v) is 28.2. The zero-order chi connectivity index (χ0) is 54.9. The summed E-state index contributed by atoms with van der Waals surface area (Å²) < 4.78 is 89.2. The van der Waals surface area contributed by atoms with E-state index in [4.69, 9.17) is 51.5 Å². The summed E-state index contributed by atoms with van der Waals surface area (Å²) in [4.78, 5) is 83.2. The lowest BCUT2D eigenvalue weighted by molar-refractivity contribution is -0.0464. The van der Waals surface area contributed by atoms with Gasteiger partial charge in [-0.25, -0.2) is 23.3 Å². The van der Waals surface area contributed by atoms with Crippen LogP contribution in [-0.2, 0) is 55.0 Å². The largest absolute Gasteiger partial charge is 0.508 e. The number of carboxylic acid groups (broad SMARTS) is 1. The highest BCUT2D eigenvalue weighted by atomic mass is 31.2. The van der Waals surface area contributed by atoms with E-state index in [1.165, 1.54) is 60.8 Å². The quantitative estimate of drug-likeness (QED) is 0.0156. The number of phenolic OH excluding ortho intramolecular Hbond substituents is 1. The van der Waals surface area contributed by atoms with Gasteiger partial charge in [0.15, 0.2) is 5.43 Å². The first-order chi connectivity index (χ1) is 36.2. The van der Waals surface area contributed by atoms with Gasteiger partial charge in [0.1, 0.15) is 35.2 Å². The third-order valence-electron chi connectivity index (χ3n) is 11.2. The number of fused-ring (bicyclic) bond motifs is 2. The number of aromatic nitrogens is 2. The molecule has 76 heavy (non-hydrogen) atoms. The summed E-state index contributed by atoms with van der Waals surface area (Å²) in [5, 5.41) is 33.7. The fraction of sp³-hybridized carbons (Fsp3) is 0.457. The van der Waals surface area contributed by atoms with Crippen LogP contribution in [0.5, 0.6) is 5.75 Å². The number of carboxylic acids is 1. The van der Waals surface area contributed by atoms with Crippen LogP contribution in [0, 0.1) is 0 Å². The van der Waals surface area contributed by atoms with E-state index in [1.807, 2.05) is 0 Å². The molecule has 3 aromatic rings. The normalized spacial score (nSPS) is 18.1. The molecule has 3 unspecified atom stereocenters. The number of unbranched alkanes of at least 4 members (excludes halogenated alkanes) is 4. The average Bonchev–Trinajstić information content (AvgIpc) is 3.77. The third kappa shape index (κ3) is 18.4.